The molecule has 0 unspecified atom stereocenters. The molecule has 0 aliphatic heterocycles. The Hall–Kier alpha value is -1.55. The second kappa shape index (κ2) is 6.91. The van der Waals surface area contributed by atoms with E-state index in [4.69, 9.17) is 0 Å². The van der Waals surface area contributed by atoms with Crippen LogP contribution in [0, 0.1) is 0 Å². The van der Waals surface area contributed by atoms with E-state index in [1.165, 1.54) is 10.4 Å². The van der Waals surface area contributed by atoms with Gasteiger partial charge in [0.25, 0.3) is 0 Å². The average Bonchev–Trinajstić information content (AvgIpc) is 3.34. The van der Waals surface area contributed by atoms with Gasteiger partial charge in [-0.1, -0.05) is 17.8 Å². The third-order valence-electron chi connectivity index (χ3n) is 3.05. The van der Waals surface area contributed by atoms with Gasteiger partial charge in [-0.2, -0.15) is 11.3 Å². The van der Waals surface area contributed by atoms with Crippen LogP contribution in [0.3, 0.4) is 0 Å². The summed E-state index contributed by atoms with van der Waals surface area (Å²) in [6.45, 7) is 0.713. The molecule has 5 nitrogen and oxygen atoms in total. The maximum Gasteiger partial charge on any atom is 0.210 e. The van der Waals surface area contributed by atoms with Gasteiger partial charge in [0.15, 0.2) is 0 Å². The van der Waals surface area contributed by atoms with Crippen LogP contribution in [-0.4, -0.2) is 25.2 Å². The van der Waals surface area contributed by atoms with Crippen LogP contribution in [0.5, 0.6) is 0 Å². The van der Waals surface area contributed by atoms with E-state index in [1.54, 1.807) is 45.8 Å². The number of nitrogens with zero attached hydrogens (tertiary/aromatic N) is 5. The Morgan fingerprint density at radius 3 is 2.96 bits per heavy atom. The first kappa shape index (κ1) is 15.0. The third kappa shape index (κ3) is 3.52. The fourth-order valence-electron chi connectivity index (χ4n) is 1.98. The number of rotatable bonds is 6. The molecule has 0 bridgehead atoms. The Labute approximate surface area is 149 Å². The van der Waals surface area contributed by atoms with Gasteiger partial charge in [0.05, 0.1) is 12.2 Å². The monoisotopic (exact) mass is 377 g/mol. The van der Waals surface area contributed by atoms with E-state index in [2.05, 4.69) is 54.2 Å². The van der Waals surface area contributed by atoms with Crippen molar-refractivity contribution in [2.75, 3.05) is 0 Å². The lowest BCUT2D eigenvalue weighted by atomic mass is 10.4. The number of tetrazole rings is 1. The summed E-state index contributed by atoms with van der Waals surface area (Å²) in [6, 6.07) is 6.23. The Bertz CT molecular complexity index is 863. The molecule has 4 aromatic rings. The maximum atomic E-state index is 4.69. The molecule has 0 spiro atoms. The van der Waals surface area contributed by atoms with Crippen molar-refractivity contribution in [3.8, 4) is 10.6 Å². The highest BCUT2D eigenvalue weighted by molar-refractivity contribution is 7.98. The number of thiophene rings is 2. The van der Waals surface area contributed by atoms with Crippen LogP contribution in [0.2, 0.25) is 0 Å². The van der Waals surface area contributed by atoms with Crippen LogP contribution in [0.4, 0.5) is 0 Å². The first-order valence-corrected chi connectivity index (χ1v) is 10.5. The molecular weight excluding hydrogens is 366 g/mol. The summed E-state index contributed by atoms with van der Waals surface area (Å²) in [4.78, 5) is 5.93. The molecule has 4 aromatic heterocycles. The predicted molar refractivity (Wildman–Crippen MR) is 96.2 cm³/mol. The van der Waals surface area contributed by atoms with Gasteiger partial charge in [-0.05, 0) is 33.3 Å². The van der Waals surface area contributed by atoms with Crippen molar-refractivity contribution >= 4 is 45.8 Å². The summed E-state index contributed by atoms with van der Waals surface area (Å²) in [6.07, 6.45) is 0. The zero-order valence-corrected chi connectivity index (χ0v) is 15.1. The van der Waals surface area contributed by atoms with Crippen molar-refractivity contribution in [3.05, 3.63) is 50.3 Å². The van der Waals surface area contributed by atoms with E-state index in [9.17, 15) is 0 Å². The van der Waals surface area contributed by atoms with Crippen molar-refractivity contribution in [3.63, 3.8) is 0 Å². The minimum atomic E-state index is 0.713. The molecule has 0 fully saturated rings. The number of hydrogen-bond donors (Lipinski definition) is 0. The van der Waals surface area contributed by atoms with E-state index < -0.39 is 0 Å². The summed E-state index contributed by atoms with van der Waals surface area (Å²) in [5, 5.41) is 22.2. The van der Waals surface area contributed by atoms with Gasteiger partial charge in [-0.15, -0.1) is 27.8 Å². The van der Waals surface area contributed by atoms with E-state index in [-0.39, 0.29) is 0 Å². The SMILES string of the molecule is c1csc(Cn2nnnc2SCc2csc(-c3ccsc3)n2)c1. The van der Waals surface area contributed by atoms with Gasteiger partial charge in [0.2, 0.25) is 5.16 Å². The predicted octanol–water partition coefficient (Wildman–Crippen LogP) is 4.26. The van der Waals surface area contributed by atoms with Crippen molar-refractivity contribution in [2.24, 2.45) is 0 Å². The quantitative estimate of drug-likeness (QED) is 0.470. The molecule has 4 heterocycles. The molecule has 0 aliphatic rings. The Morgan fingerprint density at radius 2 is 2.13 bits per heavy atom. The van der Waals surface area contributed by atoms with Crippen molar-refractivity contribution < 1.29 is 0 Å². The molecular formula is C14H11N5S4. The molecule has 0 aromatic carbocycles. The minimum absolute atomic E-state index is 0.713. The molecule has 23 heavy (non-hydrogen) atoms. The molecule has 0 amide bonds. The summed E-state index contributed by atoms with van der Waals surface area (Å²) in [5.74, 6) is 0.769. The Kier molecular flexibility index (Phi) is 4.51. The van der Waals surface area contributed by atoms with Crippen molar-refractivity contribution in [1.29, 1.82) is 0 Å². The molecule has 0 atom stereocenters. The number of thiazole rings is 1. The average molecular weight is 378 g/mol. The largest absolute Gasteiger partial charge is 0.240 e. The van der Waals surface area contributed by atoms with E-state index in [0.29, 0.717) is 6.54 Å². The number of hydrogen-bond acceptors (Lipinski definition) is 8. The second-order valence-electron chi connectivity index (χ2n) is 4.64. The molecule has 0 N–H and O–H groups in total. The topological polar surface area (TPSA) is 56.5 Å². The van der Waals surface area contributed by atoms with Gasteiger partial charge in [-0.25, -0.2) is 9.67 Å². The van der Waals surface area contributed by atoms with Crippen LogP contribution < -0.4 is 0 Å². The van der Waals surface area contributed by atoms with E-state index in [1.807, 2.05) is 10.7 Å². The van der Waals surface area contributed by atoms with Crippen LogP contribution >= 0.6 is 45.8 Å². The van der Waals surface area contributed by atoms with Gasteiger partial charge < -0.3 is 0 Å². The summed E-state index contributed by atoms with van der Waals surface area (Å²) in [7, 11) is 0. The highest BCUT2D eigenvalue weighted by Gasteiger charge is 2.10. The Balaban J connectivity index is 1.43. The van der Waals surface area contributed by atoms with Crippen LogP contribution in [0.1, 0.15) is 10.6 Å². The number of aromatic nitrogens is 5. The summed E-state index contributed by atoms with van der Waals surface area (Å²) < 4.78 is 1.84. The lowest BCUT2D eigenvalue weighted by molar-refractivity contribution is 0.608. The molecule has 0 aliphatic carbocycles. The fourth-order valence-corrected chi connectivity index (χ4v) is 5.07. The van der Waals surface area contributed by atoms with Gasteiger partial charge in [0, 0.05) is 27.0 Å². The Morgan fingerprint density at radius 1 is 1.13 bits per heavy atom. The smallest absolute Gasteiger partial charge is 0.210 e. The van der Waals surface area contributed by atoms with Crippen molar-refractivity contribution in [2.45, 2.75) is 17.5 Å². The third-order valence-corrected chi connectivity index (χ3v) is 6.53. The molecule has 0 radical (unpaired) electrons. The molecule has 4 rings (SSSR count). The lowest BCUT2D eigenvalue weighted by Crippen LogP contribution is -2.02. The fraction of sp³-hybridized carbons (Fsp3) is 0.143. The standard InChI is InChI=1S/C14H11N5S4/c1-2-12(21-4-1)6-19-14(16-17-18-19)23-9-11-8-22-13(15-11)10-3-5-20-7-10/h1-5,7-8H,6,9H2. The lowest BCUT2D eigenvalue weighted by Gasteiger charge is -2.01. The van der Waals surface area contributed by atoms with Crippen molar-refractivity contribution in [1.82, 2.24) is 25.2 Å². The van der Waals surface area contributed by atoms with Crippen LogP contribution in [-0.2, 0) is 12.3 Å². The molecule has 9 heteroatoms. The minimum Gasteiger partial charge on any atom is -0.240 e. The van der Waals surface area contributed by atoms with Crippen LogP contribution in [0.25, 0.3) is 10.6 Å². The molecule has 0 saturated heterocycles. The zero-order chi connectivity index (χ0) is 15.5. The van der Waals surface area contributed by atoms with E-state index >= 15 is 0 Å². The van der Waals surface area contributed by atoms with Gasteiger partial charge in [0.1, 0.15) is 5.01 Å². The van der Waals surface area contributed by atoms with Crippen LogP contribution in [0.15, 0.2) is 44.9 Å². The van der Waals surface area contributed by atoms with Gasteiger partial charge in [-0.3, -0.25) is 0 Å². The van der Waals surface area contributed by atoms with Gasteiger partial charge >= 0.3 is 0 Å². The first-order chi connectivity index (χ1) is 11.4. The highest BCUT2D eigenvalue weighted by Crippen LogP contribution is 2.28. The first-order valence-electron chi connectivity index (χ1n) is 6.77. The second-order valence-corrected chi connectivity index (χ2v) is 8.26. The summed E-state index contributed by atoms with van der Waals surface area (Å²) in [5.41, 5.74) is 2.26. The van der Waals surface area contributed by atoms with E-state index in [0.717, 1.165) is 21.6 Å². The normalized spacial score (nSPS) is 11.1. The zero-order valence-electron chi connectivity index (χ0n) is 11.8. The number of thioether (sulfide) groups is 1. The maximum absolute atomic E-state index is 4.69. The highest BCUT2D eigenvalue weighted by atomic mass is 32.2. The molecule has 0 saturated carbocycles. The summed E-state index contributed by atoms with van der Waals surface area (Å²) >= 11 is 6.70. The molecule has 116 valence electrons.